The van der Waals surface area contributed by atoms with E-state index in [0.29, 0.717) is 31.7 Å². The van der Waals surface area contributed by atoms with Crippen LogP contribution in [0.25, 0.3) is 11.0 Å². The molecule has 0 saturated carbocycles. The third-order valence-electron chi connectivity index (χ3n) is 7.06. The lowest BCUT2D eigenvalue weighted by molar-refractivity contribution is -0.131. The highest BCUT2D eigenvalue weighted by Gasteiger charge is 2.36. The van der Waals surface area contributed by atoms with Crippen LogP contribution < -0.4 is 9.64 Å². The zero-order chi connectivity index (χ0) is 23.5. The number of amides is 2. The summed E-state index contributed by atoms with van der Waals surface area (Å²) >= 11 is 0. The molecule has 2 amide bonds. The van der Waals surface area contributed by atoms with E-state index in [4.69, 9.17) is 9.72 Å². The van der Waals surface area contributed by atoms with Crippen LogP contribution in [0.3, 0.4) is 0 Å². The van der Waals surface area contributed by atoms with E-state index in [1.54, 1.807) is 12.0 Å². The van der Waals surface area contributed by atoms with Crippen molar-refractivity contribution in [2.75, 3.05) is 31.6 Å². The number of likely N-dealkylation sites (tertiary alicyclic amines) is 1. The Morgan fingerprint density at radius 2 is 1.76 bits per heavy atom. The van der Waals surface area contributed by atoms with Gasteiger partial charge in [-0.05, 0) is 37.1 Å². The fourth-order valence-corrected chi connectivity index (χ4v) is 5.29. The van der Waals surface area contributed by atoms with Crippen LogP contribution in [0.5, 0.6) is 5.75 Å². The van der Waals surface area contributed by atoms with Gasteiger partial charge in [-0.3, -0.25) is 9.59 Å². The molecular formula is C27H32N4O3. The van der Waals surface area contributed by atoms with Crippen molar-refractivity contribution in [2.45, 2.75) is 51.0 Å². The van der Waals surface area contributed by atoms with Gasteiger partial charge in [0.25, 0.3) is 0 Å². The molecule has 2 fully saturated rings. The highest BCUT2D eigenvalue weighted by atomic mass is 16.5. The topological polar surface area (TPSA) is 67.7 Å². The van der Waals surface area contributed by atoms with Gasteiger partial charge in [-0.25, -0.2) is 4.98 Å². The van der Waals surface area contributed by atoms with Gasteiger partial charge in [0.15, 0.2) is 0 Å². The molecule has 0 aliphatic carbocycles. The molecule has 7 heteroatoms. The molecule has 7 nitrogen and oxygen atoms in total. The Bertz CT molecular complexity index is 1180. The van der Waals surface area contributed by atoms with Crippen molar-refractivity contribution in [3.63, 3.8) is 0 Å². The van der Waals surface area contributed by atoms with Crippen LogP contribution in [-0.4, -0.2) is 53.0 Å². The molecule has 1 aromatic heterocycles. The summed E-state index contributed by atoms with van der Waals surface area (Å²) in [6.07, 6.45) is 5.44. The molecule has 2 aliphatic heterocycles. The third kappa shape index (κ3) is 4.39. The molecule has 34 heavy (non-hydrogen) atoms. The largest absolute Gasteiger partial charge is 0.495 e. The summed E-state index contributed by atoms with van der Waals surface area (Å²) in [5.41, 5.74) is 2.71. The molecule has 3 heterocycles. The second-order valence-electron chi connectivity index (χ2n) is 9.23. The summed E-state index contributed by atoms with van der Waals surface area (Å²) in [4.78, 5) is 34.8. The van der Waals surface area contributed by atoms with Crippen LogP contribution in [0.4, 0.5) is 5.69 Å². The van der Waals surface area contributed by atoms with Crippen molar-refractivity contribution in [3.05, 3.63) is 54.4 Å². The number of ether oxygens (including phenoxy) is 1. The second-order valence-corrected chi connectivity index (χ2v) is 9.23. The Labute approximate surface area is 200 Å². The van der Waals surface area contributed by atoms with Crippen molar-refractivity contribution in [2.24, 2.45) is 0 Å². The number of nitrogens with zero attached hydrogens (tertiary/aromatic N) is 4. The number of rotatable bonds is 6. The van der Waals surface area contributed by atoms with Crippen LogP contribution >= 0.6 is 0 Å². The number of carbonyl (C=O) groups is 2. The molecule has 5 rings (SSSR count). The number of para-hydroxylation sites is 4. The van der Waals surface area contributed by atoms with E-state index in [1.165, 1.54) is 12.8 Å². The van der Waals surface area contributed by atoms with Crippen molar-refractivity contribution in [1.29, 1.82) is 0 Å². The second kappa shape index (κ2) is 9.87. The molecule has 0 N–H and O–H groups in total. The van der Waals surface area contributed by atoms with Gasteiger partial charge in [0, 0.05) is 44.9 Å². The Balaban J connectivity index is 1.40. The molecule has 1 atom stereocenters. The summed E-state index contributed by atoms with van der Waals surface area (Å²) in [6, 6.07) is 15.6. The van der Waals surface area contributed by atoms with Crippen LogP contribution in [0, 0.1) is 0 Å². The predicted molar refractivity (Wildman–Crippen MR) is 132 cm³/mol. The maximum absolute atomic E-state index is 13.0. The molecule has 178 valence electrons. The van der Waals surface area contributed by atoms with E-state index < -0.39 is 0 Å². The maximum atomic E-state index is 13.0. The van der Waals surface area contributed by atoms with Crippen LogP contribution in [-0.2, 0) is 16.1 Å². The minimum atomic E-state index is -0.0434. The van der Waals surface area contributed by atoms with Gasteiger partial charge in [-0.1, -0.05) is 37.1 Å². The lowest BCUT2D eigenvalue weighted by Gasteiger charge is -2.21. The highest BCUT2D eigenvalue weighted by molar-refractivity contribution is 5.98. The van der Waals surface area contributed by atoms with E-state index in [1.807, 2.05) is 47.4 Å². The molecule has 2 saturated heterocycles. The molecule has 0 spiro atoms. The zero-order valence-corrected chi connectivity index (χ0v) is 19.8. The number of anilines is 1. The van der Waals surface area contributed by atoms with Crippen molar-refractivity contribution < 1.29 is 14.3 Å². The van der Waals surface area contributed by atoms with Crippen LogP contribution in [0.1, 0.15) is 50.3 Å². The Morgan fingerprint density at radius 1 is 1.03 bits per heavy atom. The normalized spacial score (nSPS) is 19.0. The average molecular weight is 461 g/mol. The van der Waals surface area contributed by atoms with Gasteiger partial charge in [-0.2, -0.15) is 0 Å². The van der Waals surface area contributed by atoms with Crippen LogP contribution in [0.2, 0.25) is 0 Å². The number of aromatic nitrogens is 2. The van der Waals surface area contributed by atoms with E-state index >= 15 is 0 Å². The molecule has 2 aliphatic rings. The fraction of sp³-hybridized carbons (Fsp3) is 0.444. The summed E-state index contributed by atoms with van der Waals surface area (Å²) in [6.45, 7) is 2.84. The van der Waals surface area contributed by atoms with Crippen molar-refractivity contribution >= 4 is 28.5 Å². The molecule has 1 unspecified atom stereocenters. The first-order valence-electron chi connectivity index (χ1n) is 12.3. The Morgan fingerprint density at radius 3 is 2.56 bits per heavy atom. The zero-order valence-electron chi connectivity index (χ0n) is 19.8. The lowest BCUT2D eigenvalue weighted by atomic mass is 10.1. The van der Waals surface area contributed by atoms with Crippen LogP contribution in [0.15, 0.2) is 48.5 Å². The number of fused-ring (bicyclic) bond motifs is 1. The minimum Gasteiger partial charge on any atom is -0.495 e. The number of methoxy groups -OCH3 is 1. The van der Waals surface area contributed by atoms with Gasteiger partial charge >= 0.3 is 0 Å². The van der Waals surface area contributed by atoms with Gasteiger partial charge in [0.1, 0.15) is 11.6 Å². The number of carbonyl (C=O) groups excluding carboxylic acids is 2. The van der Waals surface area contributed by atoms with Gasteiger partial charge in [0.2, 0.25) is 11.8 Å². The number of benzene rings is 2. The number of aryl methyl sites for hydroxylation is 1. The van der Waals surface area contributed by atoms with Gasteiger partial charge < -0.3 is 19.1 Å². The summed E-state index contributed by atoms with van der Waals surface area (Å²) in [5.74, 6) is 1.80. The first kappa shape index (κ1) is 22.4. The minimum absolute atomic E-state index is 0.0434. The molecule has 0 radical (unpaired) electrons. The Hall–Kier alpha value is -3.35. The summed E-state index contributed by atoms with van der Waals surface area (Å²) in [7, 11) is 1.62. The van der Waals surface area contributed by atoms with Gasteiger partial charge in [-0.15, -0.1) is 0 Å². The molecule has 0 bridgehead atoms. The first-order valence-corrected chi connectivity index (χ1v) is 12.3. The smallest absolute Gasteiger partial charge is 0.227 e. The fourth-order valence-electron chi connectivity index (χ4n) is 5.29. The van der Waals surface area contributed by atoms with Crippen molar-refractivity contribution in [3.8, 4) is 5.75 Å². The predicted octanol–water partition coefficient (Wildman–Crippen LogP) is 4.36. The third-order valence-corrected chi connectivity index (χ3v) is 7.06. The highest BCUT2D eigenvalue weighted by Crippen LogP contribution is 2.37. The van der Waals surface area contributed by atoms with E-state index in [9.17, 15) is 9.59 Å². The molecular weight excluding hydrogens is 428 g/mol. The average Bonchev–Trinajstić information content (AvgIpc) is 3.30. The molecule has 3 aromatic rings. The van der Waals surface area contributed by atoms with E-state index in [0.717, 1.165) is 48.5 Å². The van der Waals surface area contributed by atoms with Gasteiger partial charge in [0.05, 0.1) is 23.8 Å². The Kier molecular flexibility index (Phi) is 6.52. The monoisotopic (exact) mass is 460 g/mol. The maximum Gasteiger partial charge on any atom is 0.227 e. The first-order chi connectivity index (χ1) is 16.7. The summed E-state index contributed by atoms with van der Waals surface area (Å²) < 4.78 is 7.65. The standard InChI is InChI=1S/C27H32N4O3/c1-34-24-13-7-6-12-23(24)31-19-20(18-26(31)33)27-28-21-10-4-5-11-22(21)30(27)17-14-25(32)29-15-8-2-3-9-16-29/h4-7,10-13,20H,2-3,8-9,14-19H2,1H3. The number of hydrogen-bond donors (Lipinski definition) is 0. The SMILES string of the molecule is COc1ccccc1N1CC(c2nc3ccccc3n2CCC(=O)N2CCCCCC2)CC1=O. The van der Waals surface area contributed by atoms with E-state index in [2.05, 4.69) is 10.6 Å². The van der Waals surface area contributed by atoms with Crippen molar-refractivity contribution in [1.82, 2.24) is 14.5 Å². The number of imidazole rings is 1. The summed E-state index contributed by atoms with van der Waals surface area (Å²) in [5, 5.41) is 0. The molecule has 2 aromatic carbocycles. The lowest BCUT2D eigenvalue weighted by Crippen LogP contribution is -2.32. The quantitative estimate of drug-likeness (QED) is 0.548. The number of hydrogen-bond acceptors (Lipinski definition) is 4. The van der Waals surface area contributed by atoms with E-state index in [-0.39, 0.29) is 17.7 Å².